The van der Waals surface area contributed by atoms with Crippen molar-refractivity contribution in [2.45, 2.75) is 46.3 Å². The minimum atomic E-state index is -1.07. The maximum absolute atomic E-state index is 11.9. The van der Waals surface area contributed by atoms with Crippen LogP contribution in [0.4, 0.5) is 0 Å². The van der Waals surface area contributed by atoms with Gasteiger partial charge in [0.2, 0.25) is 0 Å². The minimum Gasteiger partial charge on any atom is -0.492 e. The first-order chi connectivity index (χ1) is 14.5. The lowest BCUT2D eigenvalue weighted by Crippen LogP contribution is -2.18. The third kappa shape index (κ3) is 3.31. The average Bonchev–Trinajstić information content (AvgIpc) is 3.35. The van der Waals surface area contributed by atoms with Gasteiger partial charge in [-0.05, 0) is 31.7 Å². The molecule has 0 atom stereocenters. The molecule has 4 rings (SSSR count). The second-order valence-corrected chi connectivity index (χ2v) is 8.24. The van der Waals surface area contributed by atoms with Crippen molar-refractivity contribution in [3.63, 3.8) is 0 Å². The van der Waals surface area contributed by atoms with E-state index >= 15 is 0 Å². The Morgan fingerprint density at radius 2 is 2.23 bits per heavy atom. The highest BCUT2D eigenvalue weighted by molar-refractivity contribution is 7.13. The van der Waals surface area contributed by atoms with E-state index in [1.807, 2.05) is 42.0 Å². The molecule has 1 aliphatic rings. The molecule has 158 valence electrons. The predicted octanol–water partition coefficient (Wildman–Crippen LogP) is 4.94. The molecule has 3 heterocycles. The number of thiophene rings is 1. The number of fused-ring (bicyclic) bond motifs is 3. The fraction of sp³-hybridized carbons (Fsp3) is 0.364. The van der Waals surface area contributed by atoms with E-state index in [0.29, 0.717) is 28.8 Å². The summed E-state index contributed by atoms with van der Waals surface area (Å²) in [6.07, 6.45) is 1.58. The summed E-state index contributed by atoms with van der Waals surface area (Å²) in [6, 6.07) is 5.72. The van der Waals surface area contributed by atoms with Gasteiger partial charge in [0.25, 0.3) is 0 Å². The standard InChI is InChI=1S/C22H24N2O5S/c1-5-7-13-19-14(10-16(20(13)27-4)29-12(2)3)24-15(11-28-19)18(22(25)26)23-21(24)17-8-6-9-30-17/h6,8-10,12H,5,7,11H2,1-4H3,(H,25,26). The molecule has 0 unspecified atom stereocenters. The van der Waals surface area contributed by atoms with Crippen LogP contribution in [0.1, 0.15) is 48.9 Å². The van der Waals surface area contributed by atoms with E-state index in [9.17, 15) is 9.90 Å². The molecule has 0 fully saturated rings. The zero-order valence-electron chi connectivity index (χ0n) is 17.4. The lowest BCUT2D eigenvalue weighted by Gasteiger charge is -2.27. The second kappa shape index (κ2) is 8.02. The second-order valence-electron chi connectivity index (χ2n) is 7.29. The number of aromatic carboxylic acids is 1. The summed E-state index contributed by atoms with van der Waals surface area (Å²) in [4.78, 5) is 17.2. The number of methoxy groups -OCH3 is 1. The van der Waals surface area contributed by atoms with Crippen LogP contribution in [-0.2, 0) is 13.0 Å². The summed E-state index contributed by atoms with van der Waals surface area (Å²) in [5.74, 6) is 1.46. The summed E-state index contributed by atoms with van der Waals surface area (Å²) >= 11 is 1.51. The number of carboxylic acids is 1. The summed E-state index contributed by atoms with van der Waals surface area (Å²) in [5, 5.41) is 11.7. The summed E-state index contributed by atoms with van der Waals surface area (Å²) < 4.78 is 19.8. The van der Waals surface area contributed by atoms with Crippen LogP contribution >= 0.6 is 11.3 Å². The molecule has 8 heteroatoms. The van der Waals surface area contributed by atoms with E-state index in [2.05, 4.69) is 11.9 Å². The van der Waals surface area contributed by atoms with Crippen molar-refractivity contribution >= 4 is 17.3 Å². The Morgan fingerprint density at radius 3 is 2.83 bits per heavy atom. The molecule has 0 saturated heterocycles. The van der Waals surface area contributed by atoms with Crippen molar-refractivity contribution in [1.29, 1.82) is 0 Å². The number of ether oxygens (including phenoxy) is 3. The van der Waals surface area contributed by atoms with Crippen molar-refractivity contribution in [2.75, 3.05) is 7.11 Å². The molecule has 3 aromatic rings. The van der Waals surface area contributed by atoms with Crippen LogP contribution in [0.5, 0.6) is 17.2 Å². The molecule has 0 aliphatic carbocycles. The van der Waals surface area contributed by atoms with Crippen LogP contribution in [0.15, 0.2) is 23.6 Å². The molecule has 2 aromatic heterocycles. The smallest absolute Gasteiger partial charge is 0.356 e. The Hall–Kier alpha value is -3.00. The SMILES string of the molecule is CCCc1c(OC)c(OC(C)C)cc2c1OCc1c(C(=O)O)nc(-c3cccs3)n1-2. The van der Waals surface area contributed by atoms with Gasteiger partial charge in [-0.15, -0.1) is 11.3 Å². The molecular weight excluding hydrogens is 404 g/mol. The van der Waals surface area contributed by atoms with E-state index in [0.717, 1.165) is 29.0 Å². The van der Waals surface area contributed by atoms with Gasteiger partial charge in [0.1, 0.15) is 6.61 Å². The van der Waals surface area contributed by atoms with Gasteiger partial charge in [-0.3, -0.25) is 4.57 Å². The van der Waals surface area contributed by atoms with E-state index in [1.54, 1.807) is 7.11 Å². The zero-order chi connectivity index (χ0) is 21.4. The maximum atomic E-state index is 11.9. The van der Waals surface area contributed by atoms with Gasteiger partial charge in [0.15, 0.2) is 28.8 Å². The van der Waals surface area contributed by atoms with Crippen LogP contribution in [0.25, 0.3) is 16.4 Å². The Morgan fingerprint density at radius 1 is 1.43 bits per heavy atom. The zero-order valence-corrected chi connectivity index (χ0v) is 18.2. The van der Waals surface area contributed by atoms with E-state index in [1.165, 1.54) is 11.3 Å². The van der Waals surface area contributed by atoms with Gasteiger partial charge >= 0.3 is 5.97 Å². The number of rotatable bonds is 7. The highest BCUT2D eigenvalue weighted by atomic mass is 32.1. The Kier molecular flexibility index (Phi) is 5.42. The van der Waals surface area contributed by atoms with E-state index < -0.39 is 5.97 Å². The molecule has 0 amide bonds. The first-order valence-corrected chi connectivity index (χ1v) is 10.8. The molecule has 0 saturated carbocycles. The van der Waals surface area contributed by atoms with Crippen molar-refractivity contribution in [3.05, 3.63) is 40.5 Å². The van der Waals surface area contributed by atoms with E-state index in [-0.39, 0.29) is 18.4 Å². The Balaban J connectivity index is 2.04. The Labute approximate surface area is 178 Å². The normalized spacial score (nSPS) is 12.3. The summed E-state index contributed by atoms with van der Waals surface area (Å²) in [7, 11) is 1.62. The van der Waals surface area contributed by atoms with Gasteiger partial charge in [0, 0.05) is 11.6 Å². The van der Waals surface area contributed by atoms with Gasteiger partial charge in [-0.1, -0.05) is 19.4 Å². The fourth-order valence-corrected chi connectivity index (χ4v) is 4.46. The highest BCUT2D eigenvalue weighted by Gasteiger charge is 2.33. The van der Waals surface area contributed by atoms with Crippen LogP contribution in [0.2, 0.25) is 0 Å². The number of carboxylic acid groups (broad SMARTS) is 1. The first-order valence-electron chi connectivity index (χ1n) is 9.88. The number of hydrogen-bond donors (Lipinski definition) is 1. The molecule has 1 aliphatic heterocycles. The quantitative estimate of drug-likeness (QED) is 0.574. The van der Waals surface area contributed by atoms with Gasteiger partial charge in [0.05, 0.1) is 29.5 Å². The molecule has 1 N–H and O–H groups in total. The van der Waals surface area contributed by atoms with Crippen LogP contribution in [0, 0.1) is 0 Å². The fourth-order valence-electron chi connectivity index (χ4n) is 3.76. The summed E-state index contributed by atoms with van der Waals surface area (Å²) in [6.45, 7) is 6.12. The predicted molar refractivity (Wildman–Crippen MR) is 114 cm³/mol. The molecule has 0 radical (unpaired) electrons. The van der Waals surface area contributed by atoms with Crippen LogP contribution in [-0.4, -0.2) is 33.8 Å². The molecule has 30 heavy (non-hydrogen) atoms. The topological polar surface area (TPSA) is 82.8 Å². The van der Waals surface area contributed by atoms with Gasteiger partial charge < -0.3 is 19.3 Å². The maximum Gasteiger partial charge on any atom is 0.356 e. The lowest BCUT2D eigenvalue weighted by molar-refractivity contribution is 0.0687. The molecule has 0 bridgehead atoms. The highest BCUT2D eigenvalue weighted by Crippen LogP contribution is 2.47. The number of nitrogens with zero attached hydrogens (tertiary/aromatic N) is 2. The number of carbonyl (C=O) groups is 1. The number of imidazole rings is 1. The molecule has 1 aromatic carbocycles. The molecule has 0 spiro atoms. The average molecular weight is 429 g/mol. The molecule has 7 nitrogen and oxygen atoms in total. The van der Waals surface area contributed by atoms with Gasteiger partial charge in [-0.2, -0.15) is 0 Å². The van der Waals surface area contributed by atoms with Crippen molar-refractivity contribution in [2.24, 2.45) is 0 Å². The number of hydrogen-bond acceptors (Lipinski definition) is 6. The third-order valence-corrected chi connectivity index (χ3v) is 5.72. The summed E-state index contributed by atoms with van der Waals surface area (Å²) in [5.41, 5.74) is 2.16. The Bertz CT molecular complexity index is 1090. The van der Waals surface area contributed by atoms with Crippen molar-refractivity contribution < 1.29 is 24.1 Å². The first kappa shape index (κ1) is 20.3. The third-order valence-electron chi connectivity index (χ3n) is 4.85. The van der Waals surface area contributed by atoms with E-state index in [4.69, 9.17) is 14.2 Å². The van der Waals surface area contributed by atoms with Crippen LogP contribution < -0.4 is 14.2 Å². The van der Waals surface area contributed by atoms with Crippen molar-refractivity contribution in [1.82, 2.24) is 9.55 Å². The van der Waals surface area contributed by atoms with Crippen molar-refractivity contribution in [3.8, 4) is 33.6 Å². The molecular formula is C22H24N2O5S. The lowest BCUT2D eigenvalue weighted by atomic mass is 10.0. The van der Waals surface area contributed by atoms with Gasteiger partial charge in [-0.25, -0.2) is 9.78 Å². The largest absolute Gasteiger partial charge is 0.492 e. The number of benzene rings is 1. The number of aromatic nitrogens is 2. The van der Waals surface area contributed by atoms with Crippen LogP contribution in [0.3, 0.4) is 0 Å². The monoisotopic (exact) mass is 428 g/mol. The minimum absolute atomic E-state index is 0.00300.